The van der Waals surface area contributed by atoms with Gasteiger partial charge in [-0.2, -0.15) is 0 Å². The highest BCUT2D eigenvalue weighted by atomic mass is 16.6. The summed E-state index contributed by atoms with van der Waals surface area (Å²) in [6.45, 7) is 8.14. The number of esters is 2. The molecule has 6 aliphatic rings. The van der Waals surface area contributed by atoms with Crippen LogP contribution in [0.4, 0.5) is 0 Å². The van der Waals surface area contributed by atoms with E-state index in [1.165, 1.54) is 13.8 Å². The van der Waals surface area contributed by atoms with Gasteiger partial charge in [0.05, 0.1) is 18.1 Å². The lowest BCUT2D eigenvalue weighted by Gasteiger charge is -2.74. The van der Waals surface area contributed by atoms with E-state index in [0.717, 1.165) is 0 Å². The molecule has 2 heterocycles. The molecule has 4 saturated carbocycles. The predicted molar refractivity (Wildman–Crippen MR) is 111 cm³/mol. The number of rotatable bonds is 3. The highest BCUT2D eigenvalue weighted by Gasteiger charge is 2.85. The molecule has 10 atom stereocenters. The number of carbonyl (C=O) groups excluding carboxylic acids is 3. The molecular weight excluding hydrogens is 432 g/mol. The number of ether oxygens (including phenoxy) is 3. The summed E-state index contributed by atoms with van der Waals surface area (Å²) in [5.74, 6) is -5.33. The van der Waals surface area contributed by atoms with Gasteiger partial charge >= 0.3 is 11.9 Å². The molecule has 0 aromatic heterocycles. The average molecular weight is 465 g/mol. The SMILES string of the molecule is C=C1C(=O)[C@]23C[C@H]1C[C@@H](O)[C@H]2[C@@]12CC[C@H](OC(C)=O)[C@@](C)(COC(C)=O)[C@H]1[C@H](O)[C@@]3(O)OC2. The van der Waals surface area contributed by atoms with Gasteiger partial charge in [-0.15, -0.1) is 0 Å². The molecule has 0 amide bonds. The number of carbonyl (C=O) groups is 3. The van der Waals surface area contributed by atoms with Crippen molar-refractivity contribution in [2.24, 2.45) is 34.0 Å². The summed E-state index contributed by atoms with van der Waals surface area (Å²) in [5, 5.41) is 35.0. The van der Waals surface area contributed by atoms with Crippen LogP contribution in [0.2, 0.25) is 0 Å². The van der Waals surface area contributed by atoms with Gasteiger partial charge in [0.25, 0.3) is 0 Å². The molecule has 33 heavy (non-hydrogen) atoms. The second-order valence-electron chi connectivity index (χ2n) is 11.1. The van der Waals surface area contributed by atoms with E-state index in [1.54, 1.807) is 6.92 Å². The monoisotopic (exact) mass is 464 g/mol. The van der Waals surface area contributed by atoms with Crippen molar-refractivity contribution in [3.05, 3.63) is 12.2 Å². The Kier molecular flexibility index (Phi) is 4.78. The van der Waals surface area contributed by atoms with Gasteiger partial charge in [-0.25, -0.2) is 0 Å². The first kappa shape index (κ1) is 23.0. The largest absolute Gasteiger partial charge is 0.465 e. The maximum Gasteiger partial charge on any atom is 0.302 e. The molecule has 2 aliphatic heterocycles. The van der Waals surface area contributed by atoms with Crippen LogP contribution in [0.5, 0.6) is 0 Å². The van der Waals surface area contributed by atoms with Crippen LogP contribution in [0.15, 0.2) is 12.2 Å². The van der Waals surface area contributed by atoms with Gasteiger partial charge in [0, 0.05) is 36.5 Å². The van der Waals surface area contributed by atoms with Crippen molar-refractivity contribution in [3.8, 4) is 0 Å². The van der Waals surface area contributed by atoms with Crippen LogP contribution in [0.25, 0.3) is 0 Å². The second kappa shape index (κ2) is 6.87. The molecule has 182 valence electrons. The Morgan fingerprint density at radius 1 is 1.21 bits per heavy atom. The Balaban J connectivity index is 1.69. The molecule has 9 nitrogen and oxygen atoms in total. The third-order valence-corrected chi connectivity index (χ3v) is 9.57. The van der Waals surface area contributed by atoms with E-state index in [4.69, 9.17) is 14.2 Å². The third-order valence-electron chi connectivity index (χ3n) is 9.57. The maximum atomic E-state index is 13.6. The first-order chi connectivity index (χ1) is 15.3. The van der Waals surface area contributed by atoms with Gasteiger partial charge in [-0.1, -0.05) is 13.5 Å². The van der Waals surface area contributed by atoms with Crippen molar-refractivity contribution in [2.45, 2.75) is 70.6 Å². The van der Waals surface area contributed by atoms with Crippen LogP contribution in [-0.4, -0.2) is 70.4 Å². The molecule has 4 bridgehead atoms. The fraction of sp³-hybridized carbons (Fsp3) is 0.792. The molecule has 6 fully saturated rings. The first-order valence-electron chi connectivity index (χ1n) is 11.6. The molecule has 0 aromatic carbocycles. The molecule has 0 unspecified atom stereocenters. The van der Waals surface area contributed by atoms with E-state index in [9.17, 15) is 29.7 Å². The Morgan fingerprint density at radius 3 is 2.55 bits per heavy atom. The zero-order valence-corrected chi connectivity index (χ0v) is 19.2. The molecule has 4 aliphatic carbocycles. The third kappa shape index (κ3) is 2.54. The smallest absolute Gasteiger partial charge is 0.302 e. The summed E-state index contributed by atoms with van der Waals surface area (Å²) in [4.78, 5) is 37.2. The van der Waals surface area contributed by atoms with Crippen LogP contribution in [0, 0.1) is 34.0 Å². The van der Waals surface area contributed by atoms with Crippen molar-refractivity contribution in [1.82, 2.24) is 0 Å². The standard InChI is InChI=1S/C24H32O9/c1-11-14-7-15(27)17-22-6-5-16(33-13(3)26)21(4,9-31-12(2)25)18(22)20(29)24(30,32-10-22)23(17,8-14)19(11)28/h14-18,20,27,29-30H,1,5-10H2,2-4H3/t14-,15-,16+,17+,18-,20+,21-,22+,23+,24-/m1/s1. The van der Waals surface area contributed by atoms with E-state index in [2.05, 4.69) is 6.58 Å². The summed E-state index contributed by atoms with van der Waals surface area (Å²) in [6, 6.07) is 0. The molecule has 9 heteroatoms. The number of ketones is 1. The van der Waals surface area contributed by atoms with E-state index in [0.29, 0.717) is 24.8 Å². The molecule has 0 aromatic rings. The van der Waals surface area contributed by atoms with Crippen molar-refractivity contribution in [3.63, 3.8) is 0 Å². The topological polar surface area (TPSA) is 140 Å². The lowest BCUT2D eigenvalue weighted by atomic mass is 9.35. The molecule has 2 spiro atoms. The lowest BCUT2D eigenvalue weighted by Crippen LogP contribution is -2.84. The summed E-state index contributed by atoms with van der Waals surface area (Å²) >= 11 is 0. The number of allylic oxidation sites excluding steroid dienone is 1. The second-order valence-corrected chi connectivity index (χ2v) is 11.1. The van der Waals surface area contributed by atoms with Crippen molar-refractivity contribution >= 4 is 17.7 Å². The quantitative estimate of drug-likeness (QED) is 0.402. The lowest BCUT2D eigenvalue weighted by molar-refractivity contribution is -0.450. The summed E-state index contributed by atoms with van der Waals surface area (Å²) in [7, 11) is 0. The van der Waals surface area contributed by atoms with Crippen LogP contribution in [0.1, 0.15) is 46.5 Å². The number of aliphatic hydroxyl groups is 3. The minimum atomic E-state index is -2.24. The number of Topliss-reactive ketones (excluding diaryl/α,β-unsaturated/α-hetero) is 1. The van der Waals surface area contributed by atoms with Gasteiger partial charge in [-0.05, 0) is 37.2 Å². The van der Waals surface area contributed by atoms with Gasteiger partial charge in [0.1, 0.15) is 18.8 Å². The number of hydrogen-bond donors (Lipinski definition) is 3. The highest BCUT2D eigenvalue weighted by Crippen LogP contribution is 2.76. The van der Waals surface area contributed by atoms with Gasteiger partial charge in [0.15, 0.2) is 5.78 Å². The average Bonchev–Trinajstić information content (AvgIpc) is 2.92. The van der Waals surface area contributed by atoms with Crippen LogP contribution >= 0.6 is 0 Å². The molecule has 6 rings (SSSR count). The van der Waals surface area contributed by atoms with Gasteiger partial charge in [-0.3, -0.25) is 14.4 Å². The fourth-order valence-electron chi connectivity index (χ4n) is 8.53. The minimum absolute atomic E-state index is 0.0293. The zero-order chi connectivity index (χ0) is 24.1. The fourth-order valence-corrected chi connectivity index (χ4v) is 8.53. The number of fused-ring (bicyclic) bond motifs is 2. The van der Waals surface area contributed by atoms with Gasteiger partial charge in [0.2, 0.25) is 5.79 Å². The Bertz CT molecular complexity index is 946. The first-order valence-corrected chi connectivity index (χ1v) is 11.6. The van der Waals surface area contributed by atoms with Gasteiger partial charge < -0.3 is 29.5 Å². The van der Waals surface area contributed by atoms with E-state index in [1.807, 2.05) is 0 Å². The van der Waals surface area contributed by atoms with E-state index in [-0.39, 0.29) is 31.3 Å². The predicted octanol–water partition coefficient (Wildman–Crippen LogP) is 0.490. The van der Waals surface area contributed by atoms with Crippen molar-refractivity contribution in [1.29, 1.82) is 0 Å². The summed E-state index contributed by atoms with van der Waals surface area (Å²) in [6.07, 6.45) is -1.72. The Morgan fingerprint density at radius 2 is 1.91 bits per heavy atom. The normalized spacial score (nSPS) is 52.2. The van der Waals surface area contributed by atoms with Crippen molar-refractivity contribution in [2.75, 3.05) is 13.2 Å². The maximum absolute atomic E-state index is 13.6. The van der Waals surface area contributed by atoms with Crippen molar-refractivity contribution < 1.29 is 43.9 Å². The molecule has 2 saturated heterocycles. The van der Waals surface area contributed by atoms with E-state index >= 15 is 0 Å². The molecule has 3 N–H and O–H groups in total. The number of aliphatic hydroxyl groups excluding tert-OH is 2. The van der Waals surface area contributed by atoms with Crippen LogP contribution < -0.4 is 0 Å². The Hall–Kier alpha value is -1.81. The minimum Gasteiger partial charge on any atom is -0.465 e. The van der Waals surface area contributed by atoms with Crippen LogP contribution in [-0.2, 0) is 28.6 Å². The molecular formula is C24H32O9. The zero-order valence-electron chi connectivity index (χ0n) is 19.2. The molecule has 0 radical (unpaired) electrons. The number of hydrogen-bond acceptors (Lipinski definition) is 9. The summed E-state index contributed by atoms with van der Waals surface area (Å²) < 4.78 is 17.0. The van der Waals surface area contributed by atoms with Crippen LogP contribution in [0.3, 0.4) is 0 Å². The van der Waals surface area contributed by atoms with E-state index < -0.39 is 64.1 Å². The highest BCUT2D eigenvalue weighted by molar-refractivity contribution is 6.04. The Labute approximate surface area is 192 Å². The summed E-state index contributed by atoms with van der Waals surface area (Å²) in [5.41, 5.74) is -3.10.